The van der Waals surface area contributed by atoms with E-state index < -0.39 is 4.92 Å². The SMILES string of the molecule is O=C(Nc1ccc(Cl)c([N+](=O)[O-])c1)c1ccc(CCl)cc1. The number of anilines is 1. The molecule has 2 aromatic rings. The Morgan fingerprint density at radius 1 is 1.19 bits per heavy atom. The van der Waals surface area contributed by atoms with Gasteiger partial charge in [-0.2, -0.15) is 0 Å². The molecule has 0 fully saturated rings. The molecule has 2 rings (SSSR count). The van der Waals surface area contributed by atoms with Crippen LogP contribution in [0.25, 0.3) is 0 Å². The van der Waals surface area contributed by atoms with E-state index in [4.69, 9.17) is 23.2 Å². The van der Waals surface area contributed by atoms with E-state index in [1.54, 1.807) is 24.3 Å². The number of hydrogen-bond donors (Lipinski definition) is 1. The van der Waals surface area contributed by atoms with E-state index in [0.717, 1.165) is 5.56 Å². The number of nitro groups is 1. The highest BCUT2D eigenvalue weighted by atomic mass is 35.5. The van der Waals surface area contributed by atoms with Crippen LogP contribution in [0, 0.1) is 10.1 Å². The van der Waals surface area contributed by atoms with Crippen LogP contribution in [0.1, 0.15) is 15.9 Å². The fourth-order valence-electron chi connectivity index (χ4n) is 1.68. The molecule has 0 unspecified atom stereocenters. The lowest BCUT2D eigenvalue weighted by Crippen LogP contribution is -2.12. The molecule has 1 amide bonds. The predicted molar refractivity (Wildman–Crippen MR) is 82.1 cm³/mol. The van der Waals surface area contributed by atoms with E-state index in [1.165, 1.54) is 18.2 Å². The minimum atomic E-state index is -0.604. The van der Waals surface area contributed by atoms with Gasteiger partial charge in [-0.15, -0.1) is 11.6 Å². The maximum absolute atomic E-state index is 12.0. The Kier molecular flexibility index (Phi) is 4.77. The quantitative estimate of drug-likeness (QED) is 0.519. The first-order valence-electron chi connectivity index (χ1n) is 5.91. The lowest BCUT2D eigenvalue weighted by Gasteiger charge is -2.06. The van der Waals surface area contributed by atoms with Gasteiger partial charge in [-0.25, -0.2) is 0 Å². The molecule has 21 heavy (non-hydrogen) atoms. The second-order valence-corrected chi connectivity index (χ2v) is 4.88. The first kappa shape index (κ1) is 15.3. The Hall–Kier alpha value is -2.11. The topological polar surface area (TPSA) is 72.2 Å². The van der Waals surface area contributed by atoms with Gasteiger partial charge in [0.25, 0.3) is 11.6 Å². The van der Waals surface area contributed by atoms with Crippen LogP contribution in [0.3, 0.4) is 0 Å². The number of amides is 1. The number of carbonyl (C=O) groups is 1. The van der Waals surface area contributed by atoms with Crippen LogP contribution in [0.2, 0.25) is 5.02 Å². The van der Waals surface area contributed by atoms with Crippen LogP contribution in [0.5, 0.6) is 0 Å². The highest BCUT2D eigenvalue weighted by Crippen LogP contribution is 2.27. The summed E-state index contributed by atoms with van der Waals surface area (Å²) in [6, 6.07) is 10.8. The third-order valence-corrected chi connectivity index (χ3v) is 3.40. The molecular weight excluding hydrogens is 315 g/mol. The summed E-state index contributed by atoms with van der Waals surface area (Å²) in [5, 5.41) is 13.4. The zero-order valence-corrected chi connectivity index (χ0v) is 12.2. The van der Waals surface area contributed by atoms with Crippen LogP contribution >= 0.6 is 23.2 Å². The Morgan fingerprint density at radius 2 is 1.86 bits per heavy atom. The monoisotopic (exact) mass is 324 g/mol. The average Bonchev–Trinajstić information content (AvgIpc) is 2.49. The van der Waals surface area contributed by atoms with Gasteiger partial charge in [-0.1, -0.05) is 23.7 Å². The van der Waals surface area contributed by atoms with E-state index in [2.05, 4.69) is 5.32 Å². The van der Waals surface area contributed by atoms with Gasteiger partial charge >= 0.3 is 0 Å². The lowest BCUT2D eigenvalue weighted by molar-refractivity contribution is -0.384. The third-order valence-electron chi connectivity index (χ3n) is 2.77. The Bertz CT molecular complexity index is 687. The molecular formula is C14H10Cl2N2O3. The van der Waals surface area contributed by atoms with Crippen LogP contribution in [0.15, 0.2) is 42.5 Å². The zero-order valence-electron chi connectivity index (χ0n) is 10.7. The van der Waals surface area contributed by atoms with Gasteiger partial charge in [0.1, 0.15) is 5.02 Å². The zero-order chi connectivity index (χ0) is 15.4. The second kappa shape index (κ2) is 6.56. The van der Waals surface area contributed by atoms with E-state index >= 15 is 0 Å². The van der Waals surface area contributed by atoms with Crippen molar-refractivity contribution in [3.63, 3.8) is 0 Å². The van der Waals surface area contributed by atoms with E-state index in [9.17, 15) is 14.9 Å². The molecule has 0 bridgehead atoms. The molecule has 0 heterocycles. The summed E-state index contributed by atoms with van der Waals surface area (Å²) in [6.45, 7) is 0. The number of nitro benzene ring substituents is 1. The van der Waals surface area contributed by atoms with Crippen molar-refractivity contribution in [1.82, 2.24) is 0 Å². The van der Waals surface area contributed by atoms with E-state index in [-0.39, 0.29) is 16.6 Å². The predicted octanol–water partition coefficient (Wildman–Crippen LogP) is 4.24. The molecule has 0 aromatic heterocycles. The maximum Gasteiger partial charge on any atom is 0.289 e. The van der Waals surface area contributed by atoms with Crippen molar-refractivity contribution in [3.8, 4) is 0 Å². The van der Waals surface area contributed by atoms with Crippen LogP contribution in [-0.4, -0.2) is 10.8 Å². The maximum atomic E-state index is 12.0. The molecule has 0 aliphatic heterocycles. The van der Waals surface area contributed by atoms with Crippen molar-refractivity contribution < 1.29 is 9.72 Å². The largest absolute Gasteiger partial charge is 0.322 e. The molecule has 1 N–H and O–H groups in total. The van der Waals surface area contributed by atoms with Crippen LogP contribution in [-0.2, 0) is 5.88 Å². The molecule has 0 aliphatic rings. The second-order valence-electron chi connectivity index (χ2n) is 4.21. The van der Waals surface area contributed by atoms with Gasteiger partial charge < -0.3 is 5.32 Å². The Balaban J connectivity index is 2.19. The summed E-state index contributed by atoms with van der Waals surface area (Å²) in [6.07, 6.45) is 0. The first-order chi connectivity index (χ1) is 10.0. The van der Waals surface area contributed by atoms with Crippen molar-refractivity contribution in [2.75, 3.05) is 5.32 Å². The number of nitrogens with zero attached hydrogens (tertiary/aromatic N) is 1. The Labute approximate surface area is 130 Å². The van der Waals surface area contributed by atoms with Gasteiger partial charge in [0.15, 0.2) is 0 Å². The molecule has 0 radical (unpaired) electrons. The molecule has 0 saturated carbocycles. The number of nitrogens with one attached hydrogen (secondary N) is 1. The third kappa shape index (κ3) is 3.71. The highest BCUT2D eigenvalue weighted by molar-refractivity contribution is 6.32. The van der Waals surface area contributed by atoms with E-state index in [1.807, 2.05) is 0 Å². The van der Waals surface area contributed by atoms with Gasteiger partial charge in [0.05, 0.1) is 4.92 Å². The Morgan fingerprint density at radius 3 is 2.43 bits per heavy atom. The minimum Gasteiger partial charge on any atom is -0.322 e. The average molecular weight is 325 g/mol. The molecule has 0 aliphatic carbocycles. The van der Waals surface area contributed by atoms with Crippen molar-refractivity contribution >= 4 is 40.5 Å². The van der Waals surface area contributed by atoms with Crippen molar-refractivity contribution in [2.24, 2.45) is 0 Å². The number of benzene rings is 2. The number of halogens is 2. The molecule has 5 nitrogen and oxygen atoms in total. The molecule has 108 valence electrons. The number of carbonyl (C=O) groups excluding carboxylic acids is 1. The number of rotatable bonds is 4. The smallest absolute Gasteiger partial charge is 0.289 e. The number of hydrogen-bond acceptors (Lipinski definition) is 3. The summed E-state index contributed by atoms with van der Waals surface area (Å²) in [4.78, 5) is 22.2. The molecule has 0 spiro atoms. The van der Waals surface area contributed by atoms with Gasteiger partial charge in [-0.3, -0.25) is 14.9 Å². The lowest BCUT2D eigenvalue weighted by atomic mass is 10.1. The summed E-state index contributed by atoms with van der Waals surface area (Å²) in [7, 11) is 0. The molecule has 7 heteroatoms. The summed E-state index contributed by atoms with van der Waals surface area (Å²) in [5.74, 6) is -0.00148. The first-order valence-corrected chi connectivity index (χ1v) is 6.82. The summed E-state index contributed by atoms with van der Waals surface area (Å²) >= 11 is 11.4. The highest BCUT2D eigenvalue weighted by Gasteiger charge is 2.14. The van der Waals surface area contributed by atoms with Crippen LogP contribution < -0.4 is 5.32 Å². The molecule has 2 aromatic carbocycles. The standard InChI is InChI=1S/C14H10Cl2N2O3/c15-8-9-1-3-10(4-2-9)14(19)17-11-5-6-12(16)13(7-11)18(20)21/h1-7H,8H2,(H,17,19). The van der Waals surface area contributed by atoms with Crippen molar-refractivity contribution in [3.05, 3.63) is 68.7 Å². The summed E-state index contributed by atoms with van der Waals surface area (Å²) < 4.78 is 0. The normalized spacial score (nSPS) is 10.2. The fraction of sp³-hybridized carbons (Fsp3) is 0.0714. The summed E-state index contributed by atoms with van der Waals surface area (Å²) in [5.41, 5.74) is 1.38. The van der Waals surface area contributed by atoms with Gasteiger partial charge in [0, 0.05) is 23.2 Å². The van der Waals surface area contributed by atoms with Gasteiger partial charge in [0.2, 0.25) is 0 Å². The van der Waals surface area contributed by atoms with Crippen LogP contribution in [0.4, 0.5) is 11.4 Å². The minimum absolute atomic E-state index is 0.0180. The molecule has 0 saturated heterocycles. The van der Waals surface area contributed by atoms with E-state index in [0.29, 0.717) is 17.1 Å². The van der Waals surface area contributed by atoms with Crippen molar-refractivity contribution in [1.29, 1.82) is 0 Å². The fourth-order valence-corrected chi connectivity index (χ4v) is 2.04. The number of alkyl halides is 1. The van der Waals surface area contributed by atoms with Gasteiger partial charge in [-0.05, 0) is 29.8 Å². The van der Waals surface area contributed by atoms with Crippen molar-refractivity contribution in [2.45, 2.75) is 5.88 Å². The molecule has 0 atom stereocenters.